The van der Waals surface area contributed by atoms with E-state index in [1.807, 2.05) is 0 Å². The Bertz CT molecular complexity index is 374. The molecule has 1 rings (SSSR count). The van der Waals surface area contributed by atoms with Crippen molar-refractivity contribution in [2.75, 3.05) is 19.8 Å². The summed E-state index contributed by atoms with van der Waals surface area (Å²) in [5, 5.41) is 0. The molecule has 0 unspecified atom stereocenters. The average Bonchev–Trinajstić information content (AvgIpc) is 2.39. The fourth-order valence-electron chi connectivity index (χ4n) is 1.72. The Morgan fingerprint density at radius 3 is 2.79 bits per heavy atom. The average molecular weight is 264 g/mol. The molecule has 1 aromatic carbocycles. The van der Waals surface area contributed by atoms with E-state index in [4.69, 9.17) is 9.47 Å². The van der Waals surface area contributed by atoms with Gasteiger partial charge in [-0.2, -0.15) is 0 Å². The van der Waals surface area contributed by atoms with E-state index in [2.05, 4.69) is 38.1 Å². The third kappa shape index (κ3) is 7.62. The fourth-order valence-corrected chi connectivity index (χ4v) is 1.72. The van der Waals surface area contributed by atoms with E-state index in [0.717, 1.165) is 19.3 Å². The number of hydrogen-bond acceptors (Lipinski definition) is 3. The summed E-state index contributed by atoms with van der Waals surface area (Å²) in [6.07, 6.45) is 3.20. The van der Waals surface area contributed by atoms with E-state index in [1.165, 1.54) is 11.1 Å². The van der Waals surface area contributed by atoms with Gasteiger partial charge in [0.15, 0.2) is 0 Å². The van der Waals surface area contributed by atoms with Crippen molar-refractivity contribution in [3.63, 3.8) is 0 Å². The van der Waals surface area contributed by atoms with Gasteiger partial charge in [-0.1, -0.05) is 43.2 Å². The molecule has 0 N–H and O–H groups in total. The first-order valence-electron chi connectivity index (χ1n) is 7.01. The zero-order chi connectivity index (χ0) is 13.9. The van der Waals surface area contributed by atoms with Gasteiger partial charge in [-0.3, -0.25) is 4.79 Å². The maximum atomic E-state index is 11.3. The topological polar surface area (TPSA) is 35.5 Å². The summed E-state index contributed by atoms with van der Waals surface area (Å²) in [5.41, 5.74) is 2.53. The van der Waals surface area contributed by atoms with Crippen LogP contribution in [0.2, 0.25) is 0 Å². The third-order valence-electron chi connectivity index (χ3n) is 2.83. The molecule has 0 spiro atoms. The summed E-state index contributed by atoms with van der Waals surface area (Å²) >= 11 is 0. The molecule has 0 aromatic heterocycles. The highest BCUT2D eigenvalue weighted by atomic mass is 16.5. The second-order valence-electron chi connectivity index (χ2n) is 4.68. The maximum Gasteiger partial charge on any atom is 0.308 e. The van der Waals surface area contributed by atoms with Crippen molar-refractivity contribution in [2.24, 2.45) is 0 Å². The van der Waals surface area contributed by atoms with E-state index >= 15 is 0 Å². The standard InChI is InChI=1S/C16H24O3/c1-3-4-10-19-16(17)9-12-18-11-8-15-7-5-6-14(2)13-15/h5-7,13H,3-4,8-12H2,1-2H3. The molecule has 0 atom stereocenters. The van der Waals surface area contributed by atoms with Crippen molar-refractivity contribution in [3.8, 4) is 0 Å². The highest BCUT2D eigenvalue weighted by molar-refractivity contribution is 5.69. The van der Waals surface area contributed by atoms with Crippen LogP contribution in [-0.2, 0) is 20.7 Å². The van der Waals surface area contributed by atoms with Crippen LogP contribution in [0.3, 0.4) is 0 Å². The molecule has 0 fully saturated rings. The molecule has 3 nitrogen and oxygen atoms in total. The van der Waals surface area contributed by atoms with Gasteiger partial charge in [-0.15, -0.1) is 0 Å². The van der Waals surface area contributed by atoms with Crippen LogP contribution in [0.25, 0.3) is 0 Å². The summed E-state index contributed by atoms with van der Waals surface area (Å²) < 4.78 is 10.5. The molecule has 0 amide bonds. The first-order chi connectivity index (χ1) is 9.22. The lowest BCUT2D eigenvalue weighted by atomic mass is 10.1. The Morgan fingerprint density at radius 2 is 2.05 bits per heavy atom. The summed E-state index contributed by atoms with van der Waals surface area (Å²) in [6, 6.07) is 8.38. The molecule has 0 aliphatic carbocycles. The van der Waals surface area contributed by atoms with Crippen LogP contribution < -0.4 is 0 Å². The number of hydrogen-bond donors (Lipinski definition) is 0. The number of carbonyl (C=O) groups is 1. The van der Waals surface area contributed by atoms with E-state index in [1.54, 1.807) is 0 Å². The Hall–Kier alpha value is -1.35. The van der Waals surface area contributed by atoms with E-state index < -0.39 is 0 Å². The molecule has 0 radical (unpaired) electrons. The van der Waals surface area contributed by atoms with Crippen LogP contribution >= 0.6 is 0 Å². The number of unbranched alkanes of at least 4 members (excludes halogenated alkanes) is 1. The minimum Gasteiger partial charge on any atom is -0.466 e. The molecule has 0 heterocycles. The Kier molecular flexibility index (Phi) is 7.91. The highest BCUT2D eigenvalue weighted by Crippen LogP contribution is 2.04. The van der Waals surface area contributed by atoms with Gasteiger partial charge >= 0.3 is 5.97 Å². The summed E-state index contributed by atoms with van der Waals surface area (Å²) in [7, 11) is 0. The van der Waals surface area contributed by atoms with Gasteiger partial charge in [0.25, 0.3) is 0 Å². The van der Waals surface area contributed by atoms with Crippen LogP contribution in [0.5, 0.6) is 0 Å². The monoisotopic (exact) mass is 264 g/mol. The third-order valence-corrected chi connectivity index (χ3v) is 2.83. The molecule has 106 valence electrons. The van der Waals surface area contributed by atoms with Gasteiger partial charge in [0, 0.05) is 0 Å². The number of benzene rings is 1. The van der Waals surface area contributed by atoms with Gasteiger partial charge in [0.1, 0.15) is 0 Å². The van der Waals surface area contributed by atoms with Crippen molar-refractivity contribution < 1.29 is 14.3 Å². The minimum absolute atomic E-state index is 0.163. The zero-order valence-corrected chi connectivity index (χ0v) is 12.0. The first kappa shape index (κ1) is 15.7. The minimum atomic E-state index is -0.163. The molecular formula is C16H24O3. The largest absolute Gasteiger partial charge is 0.466 e. The SMILES string of the molecule is CCCCOC(=O)CCOCCc1cccc(C)c1. The highest BCUT2D eigenvalue weighted by Gasteiger charge is 2.02. The Labute approximate surface area is 115 Å². The number of ether oxygens (including phenoxy) is 2. The lowest BCUT2D eigenvalue weighted by molar-refractivity contribution is -0.144. The number of carbonyl (C=O) groups excluding carboxylic acids is 1. The normalized spacial score (nSPS) is 10.4. The molecular weight excluding hydrogens is 240 g/mol. The number of esters is 1. The lowest BCUT2D eigenvalue weighted by Gasteiger charge is -2.06. The van der Waals surface area contributed by atoms with Crippen molar-refractivity contribution in [3.05, 3.63) is 35.4 Å². The summed E-state index contributed by atoms with van der Waals surface area (Å²) in [5.74, 6) is -0.163. The van der Waals surface area contributed by atoms with Crippen molar-refractivity contribution in [2.45, 2.75) is 39.5 Å². The van der Waals surface area contributed by atoms with Gasteiger partial charge in [0.05, 0.1) is 26.2 Å². The van der Waals surface area contributed by atoms with Crippen molar-refractivity contribution >= 4 is 5.97 Å². The second kappa shape index (κ2) is 9.56. The quantitative estimate of drug-likeness (QED) is 0.507. The van der Waals surface area contributed by atoms with E-state index in [-0.39, 0.29) is 5.97 Å². The number of rotatable bonds is 9. The Balaban J connectivity index is 2.03. The lowest BCUT2D eigenvalue weighted by Crippen LogP contribution is -2.10. The predicted octanol–water partition coefficient (Wildman–Crippen LogP) is 3.29. The second-order valence-corrected chi connectivity index (χ2v) is 4.68. The maximum absolute atomic E-state index is 11.3. The van der Waals surface area contributed by atoms with Crippen LogP contribution in [0, 0.1) is 6.92 Å². The van der Waals surface area contributed by atoms with Crippen molar-refractivity contribution in [1.82, 2.24) is 0 Å². The summed E-state index contributed by atoms with van der Waals surface area (Å²) in [4.78, 5) is 11.3. The molecule has 19 heavy (non-hydrogen) atoms. The van der Waals surface area contributed by atoms with E-state index in [0.29, 0.717) is 26.2 Å². The Morgan fingerprint density at radius 1 is 1.21 bits per heavy atom. The molecule has 0 bridgehead atoms. The smallest absolute Gasteiger partial charge is 0.308 e. The van der Waals surface area contributed by atoms with Gasteiger partial charge in [-0.25, -0.2) is 0 Å². The van der Waals surface area contributed by atoms with Crippen LogP contribution in [0.15, 0.2) is 24.3 Å². The summed E-state index contributed by atoms with van der Waals surface area (Å²) in [6.45, 7) is 5.76. The van der Waals surface area contributed by atoms with Gasteiger partial charge in [-0.05, 0) is 25.3 Å². The molecule has 0 aliphatic rings. The van der Waals surface area contributed by atoms with Crippen LogP contribution in [-0.4, -0.2) is 25.8 Å². The fraction of sp³-hybridized carbons (Fsp3) is 0.562. The predicted molar refractivity (Wildman–Crippen MR) is 76.2 cm³/mol. The van der Waals surface area contributed by atoms with Gasteiger partial charge < -0.3 is 9.47 Å². The zero-order valence-electron chi connectivity index (χ0n) is 12.0. The first-order valence-corrected chi connectivity index (χ1v) is 7.01. The molecule has 1 aromatic rings. The molecule has 0 saturated heterocycles. The van der Waals surface area contributed by atoms with Crippen molar-refractivity contribution in [1.29, 1.82) is 0 Å². The number of aryl methyl sites for hydroxylation is 1. The van der Waals surface area contributed by atoms with Crippen LogP contribution in [0.1, 0.15) is 37.3 Å². The molecule has 0 saturated carbocycles. The van der Waals surface area contributed by atoms with Crippen LogP contribution in [0.4, 0.5) is 0 Å². The van der Waals surface area contributed by atoms with E-state index in [9.17, 15) is 4.79 Å². The van der Waals surface area contributed by atoms with Gasteiger partial charge in [0.2, 0.25) is 0 Å². The molecule has 3 heteroatoms. The molecule has 0 aliphatic heterocycles.